The highest BCUT2D eigenvalue weighted by atomic mass is 19.4. The normalized spacial score (nSPS) is 12.3. The molecule has 0 aromatic heterocycles. The van der Waals surface area contributed by atoms with Gasteiger partial charge in [-0.05, 0) is 12.1 Å². The summed E-state index contributed by atoms with van der Waals surface area (Å²) in [5.74, 6) is -2.10. The molecular formula is C9H6F5NO2. The van der Waals surface area contributed by atoms with Gasteiger partial charge in [0.1, 0.15) is 5.75 Å². The van der Waals surface area contributed by atoms with Crippen LogP contribution in [0.5, 0.6) is 5.75 Å². The number of carbonyl (C=O) groups excluding carboxylic acids is 1. The number of primary amides is 1. The van der Waals surface area contributed by atoms with E-state index in [1.807, 2.05) is 0 Å². The number of nitrogens with two attached hydrogens (primary N) is 1. The molecule has 0 bridgehead atoms. The Balaban J connectivity index is 3.08. The predicted molar refractivity (Wildman–Crippen MR) is 46.6 cm³/mol. The van der Waals surface area contributed by atoms with E-state index < -0.39 is 29.5 Å². The molecule has 0 aliphatic carbocycles. The number of carbonyl (C=O) groups is 1. The number of hydrogen-bond acceptors (Lipinski definition) is 2. The zero-order chi connectivity index (χ0) is 13.3. The van der Waals surface area contributed by atoms with Crippen LogP contribution in [0, 0.1) is 0 Å². The van der Waals surface area contributed by atoms with E-state index in [0.717, 1.165) is 18.2 Å². The molecule has 1 aromatic rings. The molecule has 1 rings (SSSR count). The number of ether oxygens (including phenoxy) is 1. The Bertz CT molecular complexity index is 430. The quantitative estimate of drug-likeness (QED) is 0.842. The van der Waals surface area contributed by atoms with Crippen molar-refractivity contribution in [3.8, 4) is 5.75 Å². The first-order chi connectivity index (χ1) is 7.65. The van der Waals surface area contributed by atoms with Crippen molar-refractivity contribution < 1.29 is 31.5 Å². The third kappa shape index (κ3) is 2.83. The molecule has 94 valence electrons. The van der Waals surface area contributed by atoms with Crippen molar-refractivity contribution in [2.75, 3.05) is 0 Å². The van der Waals surface area contributed by atoms with Gasteiger partial charge in [-0.3, -0.25) is 4.79 Å². The molecule has 0 spiro atoms. The third-order valence-electron chi connectivity index (χ3n) is 1.72. The van der Waals surface area contributed by atoms with E-state index in [1.54, 1.807) is 0 Å². The number of halogens is 5. The molecule has 0 radical (unpaired) electrons. The van der Waals surface area contributed by atoms with Crippen LogP contribution in [0.15, 0.2) is 24.3 Å². The number of alkyl halides is 5. The molecule has 0 saturated carbocycles. The SMILES string of the molecule is NC(=O)c1ccccc1OC(F)(F)C(F)(F)F. The topological polar surface area (TPSA) is 52.3 Å². The van der Waals surface area contributed by atoms with Gasteiger partial charge in [0.25, 0.3) is 5.91 Å². The molecule has 0 heterocycles. The summed E-state index contributed by atoms with van der Waals surface area (Å²) < 4.78 is 64.2. The Morgan fingerprint density at radius 1 is 1.12 bits per heavy atom. The summed E-state index contributed by atoms with van der Waals surface area (Å²) >= 11 is 0. The Hall–Kier alpha value is -1.86. The molecule has 0 saturated heterocycles. The lowest BCUT2D eigenvalue weighted by Gasteiger charge is -2.21. The van der Waals surface area contributed by atoms with Crippen LogP contribution in [-0.2, 0) is 0 Å². The first-order valence-corrected chi connectivity index (χ1v) is 4.17. The Morgan fingerprint density at radius 3 is 2.12 bits per heavy atom. The lowest BCUT2D eigenvalue weighted by atomic mass is 10.2. The van der Waals surface area contributed by atoms with E-state index in [1.165, 1.54) is 6.07 Å². The van der Waals surface area contributed by atoms with Gasteiger partial charge in [0.15, 0.2) is 0 Å². The molecule has 0 atom stereocenters. The summed E-state index contributed by atoms with van der Waals surface area (Å²) in [5.41, 5.74) is 4.24. The van der Waals surface area contributed by atoms with Gasteiger partial charge in [0, 0.05) is 0 Å². The smallest absolute Gasteiger partial charge is 0.425 e. The molecule has 1 amide bonds. The van der Waals surface area contributed by atoms with Crippen molar-refractivity contribution >= 4 is 5.91 Å². The van der Waals surface area contributed by atoms with Crippen molar-refractivity contribution in [3.63, 3.8) is 0 Å². The Morgan fingerprint density at radius 2 is 1.65 bits per heavy atom. The predicted octanol–water partition coefficient (Wildman–Crippen LogP) is 2.32. The summed E-state index contributed by atoms with van der Waals surface area (Å²) in [6, 6.07) is 4.15. The van der Waals surface area contributed by atoms with Gasteiger partial charge in [-0.2, -0.15) is 22.0 Å². The van der Waals surface area contributed by atoms with Crippen molar-refractivity contribution in [3.05, 3.63) is 29.8 Å². The van der Waals surface area contributed by atoms with Crippen LogP contribution in [-0.4, -0.2) is 18.2 Å². The minimum Gasteiger partial charge on any atom is -0.425 e. The van der Waals surface area contributed by atoms with Gasteiger partial charge in [-0.25, -0.2) is 0 Å². The molecule has 17 heavy (non-hydrogen) atoms. The summed E-state index contributed by atoms with van der Waals surface area (Å²) in [5, 5.41) is 0. The highest BCUT2D eigenvalue weighted by Crippen LogP contribution is 2.38. The molecule has 2 N–H and O–H groups in total. The summed E-state index contributed by atoms with van der Waals surface area (Å²) in [4.78, 5) is 10.8. The summed E-state index contributed by atoms with van der Waals surface area (Å²) in [6.07, 6.45) is -11.3. The minimum atomic E-state index is -5.88. The van der Waals surface area contributed by atoms with Crippen molar-refractivity contribution in [2.24, 2.45) is 5.73 Å². The Kier molecular flexibility index (Phi) is 3.25. The van der Waals surface area contributed by atoms with Crippen LogP contribution in [0.1, 0.15) is 10.4 Å². The van der Waals surface area contributed by atoms with E-state index >= 15 is 0 Å². The maximum absolute atomic E-state index is 12.6. The first-order valence-electron chi connectivity index (χ1n) is 4.17. The van der Waals surface area contributed by atoms with Gasteiger partial charge < -0.3 is 10.5 Å². The van der Waals surface area contributed by atoms with Crippen molar-refractivity contribution in [2.45, 2.75) is 12.3 Å². The molecule has 0 fully saturated rings. The largest absolute Gasteiger partial charge is 0.499 e. The zero-order valence-corrected chi connectivity index (χ0v) is 8.09. The van der Waals surface area contributed by atoms with Gasteiger partial charge in [-0.1, -0.05) is 12.1 Å². The fourth-order valence-electron chi connectivity index (χ4n) is 0.955. The van der Waals surface area contributed by atoms with Gasteiger partial charge >= 0.3 is 12.3 Å². The van der Waals surface area contributed by atoms with Crippen molar-refractivity contribution in [1.82, 2.24) is 0 Å². The van der Waals surface area contributed by atoms with Crippen LogP contribution in [0.2, 0.25) is 0 Å². The monoisotopic (exact) mass is 255 g/mol. The standard InChI is InChI=1S/C9H6F5NO2/c10-8(11,12)9(13,14)17-6-4-2-1-3-5(6)7(15)16/h1-4H,(H2,15,16). The van der Waals surface area contributed by atoms with E-state index in [4.69, 9.17) is 5.73 Å². The lowest BCUT2D eigenvalue weighted by molar-refractivity contribution is -0.360. The van der Waals surface area contributed by atoms with Crippen LogP contribution < -0.4 is 10.5 Å². The highest BCUT2D eigenvalue weighted by molar-refractivity contribution is 5.95. The molecule has 0 aliphatic rings. The van der Waals surface area contributed by atoms with Crippen molar-refractivity contribution in [1.29, 1.82) is 0 Å². The molecule has 3 nitrogen and oxygen atoms in total. The number of hydrogen-bond donors (Lipinski definition) is 1. The number of benzene rings is 1. The zero-order valence-electron chi connectivity index (χ0n) is 8.09. The molecule has 0 unspecified atom stereocenters. The first kappa shape index (κ1) is 13.2. The van der Waals surface area contributed by atoms with E-state index in [2.05, 4.69) is 4.74 Å². The minimum absolute atomic E-state index is 0.559. The highest BCUT2D eigenvalue weighted by Gasteiger charge is 2.61. The summed E-state index contributed by atoms with van der Waals surface area (Å²) in [6.45, 7) is 0. The second-order valence-corrected chi connectivity index (χ2v) is 2.98. The second-order valence-electron chi connectivity index (χ2n) is 2.98. The van der Waals surface area contributed by atoms with Crippen LogP contribution in [0.3, 0.4) is 0 Å². The maximum Gasteiger partial charge on any atom is 0.499 e. The third-order valence-corrected chi connectivity index (χ3v) is 1.72. The van der Waals surface area contributed by atoms with Gasteiger partial charge in [0.2, 0.25) is 0 Å². The second kappa shape index (κ2) is 4.19. The number of rotatable bonds is 3. The van der Waals surface area contributed by atoms with Gasteiger partial charge in [-0.15, -0.1) is 0 Å². The van der Waals surface area contributed by atoms with Crippen LogP contribution >= 0.6 is 0 Å². The lowest BCUT2D eigenvalue weighted by Crippen LogP contribution is -2.42. The average molecular weight is 255 g/mol. The van der Waals surface area contributed by atoms with E-state index in [9.17, 15) is 26.7 Å². The Labute approximate surface area is 92.0 Å². The number of para-hydroxylation sites is 1. The average Bonchev–Trinajstić information content (AvgIpc) is 2.15. The molecule has 0 aliphatic heterocycles. The molecule has 8 heteroatoms. The summed E-state index contributed by atoms with van der Waals surface area (Å²) in [7, 11) is 0. The molecule has 1 aromatic carbocycles. The number of amides is 1. The van der Waals surface area contributed by atoms with E-state index in [-0.39, 0.29) is 0 Å². The van der Waals surface area contributed by atoms with E-state index in [0.29, 0.717) is 0 Å². The van der Waals surface area contributed by atoms with Gasteiger partial charge in [0.05, 0.1) is 5.56 Å². The van der Waals surface area contributed by atoms with Crippen LogP contribution in [0.25, 0.3) is 0 Å². The van der Waals surface area contributed by atoms with Crippen LogP contribution in [0.4, 0.5) is 22.0 Å². The molecular weight excluding hydrogens is 249 g/mol. The fraction of sp³-hybridized carbons (Fsp3) is 0.222. The maximum atomic E-state index is 12.6. The fourth-order valence-corrected chi connectivity index (χ4v) is 0.955.